The van der Waals surface area contributed by atoms with Gasteiger partial charge in [-0.05, 0) is 27.3 Å². The maximum atomic E-state index is 5.78. The van der Waals surface area contributed by atoms with Gasteiger partial charge in [0.2, 0.25) is 0 Å². The summed E-state index contributed by atoms with van der Waals surface area (Å²) in [5.41, 5.74) is -0.0382. The first kappa shape index (κ1) is 14.9. The summed E-state index contributed by atoms with van der Waals surface area (Å²) in [6.07, 6.45) is 0. The van der Waals surface area contributed by atoms with Crippen LogP contribution in [0.3, 0.4) is 0 Å². The van der Waals surface area contributed by atoms with E-state index in [0.717, 1.165) is 46.0 Å². The Morgan fingerprint density at radius 3 is 2.82 bits per heavy atom. The fraction of sp³-hybridized carbons (Fsp3) is 1.00. The van der Waals surface area contributed by atoms with Crippen molar-refractivity contribution in [2.45, 2.75) is 39.3 Å². The van der Waals surface area contributed by atoms with Gasteiger partial charge in [-0.25, -0.2) is 0 Å². The molecule has 4 heteroatoms. The van der Waals surface area contributed by atoms with Crippen LogP contribution in [-0.2, 0) is 9.47 Å². The van der Waals surface area contributed by atoms with Gasteiger partial charge in [0.15, 0.2) is 0 Å². The SMILES string of the molecule is CCNCC1COCCN1CCOC(C)(C)C. The highest BCUT2D eigenvalue weighted by Gasteiger charge is 2.22. The number of hydrogen-bond donors (Lipinski definition) is 1. The zero-order valence-electron chi connectivity index (χ0n) is 11.8. The first-order valence-corrected chi connectivity index (χ1v) is 6.69. The van der Waals surface area contributed by atoms with Crippen LogP contribution in [0.4, 0.5) is 0 Å². The van der Waals surface area contributed by atoms with Crippen LogP contribution in [0.25, 0.3) is 0 Å². The van der Waals surface area contributed by atoms with E-state index in [4.69, 9.17) is 9.47 Å². The predicted molar refractivity (Wildman–Crippen MR) is 70.4 cm³/mol. The van der Waals surface area contributed by atoms with Crippen molar-refractivity contribution in [1.82, 2.24) is 10.2 Å². The van der Waals surface area contributed by atoms with Crippen LogP contribution in [0.1, 0.15) is 27.7 Å². The fourth-order valence-electron chi connectivity index (χ4n) is 1.95. The molecule has 1 rings (SSSR count). The third kappa shape index (κ3) is 6.36. The number of hydrogen-bond acceptors (Lipinski definition) is 4. The van der Waals surface area contributed by atoms with Gasteiger partial charge in [0, 0.05) is 25.7 Å². The highest BCUT2D eigenvalue weighted by Crippen LogP contribution is 2.09. The standard InChI is InChI=1S/C13H28N2O2/c1-5-14-10-12-11-16-8-6-15(12)7-9-17-13(2,3)4/h12,14H,5-11H2,1-4H3. The predicted octanol–water partition coefficient (Wildman–Crippen LogP) is 1.11. The van der Waals surface area contributed by atoms with Crippen LogP contribution in [-0.4, -0.2) is 62.5 Å². The molecular formula is C13H28N2O2. The molecule has 1 fully saturated rings. The van der Waals surface area contributed by atoms with Gasteiger partial charge >= 0.3 is 0 Å². The molecule has 1 aliphatic heterocycles. The number of likely N-dealkylation sites (N-methyl/N-ethyl adjacent to an activating group) is 1. The van der Waals surface area contributed by atoms with Crippen LogP contribution < -0.4 is 5.32 Å². The number of rotatable bonds is 6. The molecule has 1 heterocycles. The van der Waals surface area contributed by atoms with E-state index in [1.165, 1.54) is 0 Å². The Labute approximate surface area is 106 Å². The molecule has 0 saturated carbocycles. The molecule has 102 valence electrons. The Kier molecular flexibility index (Phi) is 6.41. The summed E-state index contributed by atoms with van der Waals surface area (Å²) in [5.74, 6) is 0. The number of ether oxygens (including phenoxy) is 2. The minimum atomic E-state index is -0.0382. The average Bonchev–Trinajstić information content (AvgIpc) is 2.26. The van der Waals surface area contributed by atoms with Crippen molar-refractivity contribution in [2.24, 2.45) is 0 Å². The minimum absolute atomic E-state index is 0.0382. The second-order valence-electron chi connectivity index (χ2n) is 5.53. The van der Waals surface area contributed by atoms with Crippen molar-refractivity contribution in [3.05, 3.63) is 0 Å². The van der Waals surface area contributed by atoms with Crippen molar-refractivity contribution < 1.29 is 9.47 Å². The van der Waals surface area contributed by atoms with E-state index in [1.54, 1.807) is 0 Å². The van der Waals surface area contributed by atoms with Crippen molar-refractivity contribution in [3.8, 4) is 0 Å². The molecule has 4 nitrogen and oxygen atoms in total. The molecule has 17 heavy (non-hydrogen) atoms. The fourth-order valence-corrected chi connectivity index (χ4v) is 1.95. The van der Waals surface area contributed by atoms with Crippen molar-refractivity contribution in [1.29, 1.82) is 0 Å². The Bertz CT molecular complexity index is 204. The maximum Gasteiger partial charge on any atom is 0.0634 e. The molecule has 1 atom stereocenters. The minimum Gasteiger partial charge on any atom is -0.378 e. The van der Waals surface area contributed by atoms with Gasteiger partial charge in [-0.3, -0.25) is 4.90 Å². The van der Waals surface area contributed by atoms with E-state index in [9.17, 15) is 0 Å². The molecule has 0 aromatic heterocycles. The van der Waals surface area contributed by atoms with Crippen LogP contribution >= 0.6 is 0 Å². The van der Waals surface area contributed by atoms with Gasteiger partial charge < -0.3 is 14.8 Å². The van der Waals surface area contributed by atoms with E-state index in [-0.39, 0.29) is 5.60 Å². The van der Waals surface area contributed by atoms with Crippen molar-refractivity contribution in [3.63, 3.8) is 0 Å². The monoisotopic (exact) mass is 244 g/mol. The Morgan fingerprint density at radius 1 is 1.41 bits per heavy atom. The summed E-state index contributed by atoms with van der Waals surface area (Å²) in [4.78, 5) is 2.47. The van der Waals surface area contributed by atoms with Crippen LogP contribution in [0.15, 0.2) is 0 Å². The molecule has 1 aliphatic rings. The number of nitrogens with one attached hydrogen (secondary N) is 1. The van der Waals surface area contributed by atoms with Crippen LogP contribution in [0.5, 0.6) is 0 Å². The lowest BCUT2D eigenvalue weighted by Gasteiger charge is -2.36. The third-order valence-electron chi connectivity index (χ3n) is 2.89. The Balaban J connectivity index is 2.27. The molecule has 1 N–H and O–H groups in total. The molecule has 0 radical (unpaired) electrons. The Morgan fingerprint density at radius 2 is 2.18 bits per heavy atom. The maximum absolute atomic E-state index is 5.78. The summed E-state index contributed by atoms with van der Waals surface area (Å²) < 4.78 is 11.3. The summed E-state index contributed by atoms with van der Waals surface area (Å²) in [6, 6.07) is 0.493. The van der Waals surface area contributed by atoms with E-state index >= 15 is 0 Å². The summed E-state index contributed by atoms with van der Waals surface area (Å²) in [5, 5.41) is 3.39. The van der Waals surface area contributed by atoms with Gasteiger partial charge in [0.25, 0.3) is 0 Å². The summed E-state index contributed by atoms with van der Waals surface area (Å²) in [6.45, 7) is 15.0. The lowest BCUT2D eigenvalue weighted by molar-refractivity contribution is -0.0472. The Hall–Kier alpha value is -0.160. The van der Waals surface area contributed by atoms with Crippen LogP contribution in [0, 0.1) is 0 Å². The van der Waals surface area contributed by atoms with Gasteiger partial charge in [0.05, 0.1) is 25.4 Å². The van der Waals surface area contributed by atoms with Crippen LogP contribution in [0.2, 0.25) is 0 Å². The molecule has 0 bridgehead atoms. The zero-order chi connectivity index (χ0) is 12.7. The third-order valence-corrected chi connectivity index (χ3v) is 2.89. The largest absolute Gasteiger partial charge is 0.378 e. The second-order valence-corrected chi connectivity index (χ2v) is 5.53. The van der Waals surface area contributed by atoms with Crippen molar-refractivity contribution in [2.75, 3.05) is 46.0 Å². The van der Waals surface area contributed by atoms with Crippen molar-refractivity contribution >= 4 is 0 Å². The molecular weight excluding hydrogens is 216 g/mol. The van der Waals surface area contributed by atoms with E-state index in [2.05, 4.69) is 37.9 Å². The van der Waals surface area contributed by atoms with Gasteiger partial charge in [0.1, 0.15) is 0 Å². The number of morpholine rings is 1. The lowest BCUT2D eigenvalue weighted by Crippen LogP contribution is -2.51. The molecule has 1 saturated heterocycles. The summed E-state index contributed by atoms with van der Waals surface area (Å²) in [7, 11) is 0. The highest BCUT2D eigenvalue weighted by molar-refractivity contribution is 4.77. The van der Waals surface area contributed by atoms with E-state index in [0.29, 0.717) is 6.04 Å². The first-order chi connectivity index (χ1) is 8.03. The molecule has 0 aliphatic carbocycles. The van der Waals surface area contributed by atoms with E-state index < -0.39 is 0 Å². The smallest absolute Gasteiger partial charge is 0.0634 e. The molecule has 1 unspecified atom stereocenters. The second kappa shape index (κ2) is 7.31. The van der Waals surface area contributed by atoms with Gasteiger partial charge in [-0.1, -0.05) is 6.92 Å². The first-order valence-electron chi connectivity index (χ1n) is 6.69. The zero-order valence-corrected chi connectivity index (χ0v) is 11.8. The quantitative estimate of drug-likeness (QED) is 0.759. The lowest BCUT2D eigenvalue weighted by atomic mass is 10.2. The highest BCUT2D eigenvalue weighted by atomic mass is 16.5. The number of nitrogens with zero attached hydrogens (tertiary/aromatic N) is 1. The molecule has 0 amide bonds. The molecule has 0 aromatic rings. The molecule has 0 aromatic carbocycles. The van der Waals surface area contributed by atoms with Gasteiger partial charge in [-0.15, -0.1) is 0 Å². The topological polar surface area (TPSA) is 33.7 Å². The van der Waals surface area contributed by atoms with E-state index in [1.807, 2.05) is 0 Å². The summed E-state index contributed by atoms with van der Waals surface area (Å²) >= 11 is 0. The normalized spacial score (nSPS) is 22.9. The van der Waals surface area contributed by atoms with Gasteiger partial charge in [-0.2, -0.15) is 0 Å². The molecule has 0 spiro atoms. The average molecular weight is 244 g/mol.